The number of anilines is 1. The van der Waals surface area contributed by atoms with Crippen molar-refractivity contribution in [3.63, 3.8) is 0 Å². The fraction of sp³-hybridized carbons (Fsp3) is 0.333. The first-order valence-electron chi connectivity index (χ1n) is 13.2. The van der Waals surface area contributed by atoms with E-state index in [-0.39, 0.29) is 5.56 Å². The second kappa shape index (κ2) is 10.3. The van der Waals surface area contributed by atoms with E-state index >= 15 is 8.78 Å². The van der Waals surface area contributed by atoms with Gasteiger partial charge in [-0.1, -0.05) is 6.07 Å². The molecule has 1 N–H and O–H groups in total. The minimum atomic E-state index is -1.72. The number of hydrogen-bond acceptors (Lipinski definition) is 4. The summed E-state index contributed by atoms with van der Waals surface area (Å²) in [5.41, 5.74) is -0.136. The maximum absolute atomic E-state index is 15.8. The van der Waals surface area contributed by atoms with Crippen molar-refractivity contribution >= 4 is 33.1 Å². The monoisotopic (exact) mass is 553 g/mol. The molecule has 0 saturated carbocycles. The molecule has 2 aromatic rings. The zero-order chi connectivity index (χ0) is 27.3. The van der Waals surface area contributed by atoms with Crippen LogP contribution in [0.2, 0.25) is 0 Å². The number of benzene rings is 3. The van der Waals surface area contributed by atoms with Crippen LogP contribution in [0, 0.1) is 24.4 Å². The summed E-state index contributed by atoms with van der Waals surface area (Å²) in [5.74, 6) is -5.82. The molecule has 4 aliphatic rings. The molecule has 3 aliphatic heterocycles. The minimum Gasteiger partial charge on any atom is -0.478 e. The lowest BCUT2D eigenvalue weighted by atomic mass is 9.89. The molecule has 0 unspecified atom stereocenters. The van der Waals surface area contributed by atoms with E-state index < -0.39 is 40.1 Å². The van der Waals surface area contributed by atoms with Crippen LogP contribution in [-0.4, -0.2) is 50.5 Å². The first-order valence-corrected chi connectivity index (χ1v) is 14.0. The Hall–Kier alpha value is -3.43. The minimum absolute atomic E-state index is 0.259. The molecular formula is C30H28F3N2O3S+. The van der Waals surface area contributed by atoms with Gasteiger partial charge in [0.05, 0.1) is 13.2 Å². The van der Waals surface area contributed by atoms with Crippen LogP contribution in [-0.2, 0) is 4.74 Å². The van der Waals surface area contributed by atoms with Crippen LogP contribution in [0.25, 0.3) is 31.7 Å². The van der Waals surface area contributed by atoms with Crippen LogP contribution in [0.5, 0.6) is 0 Å². The number of carbonyl (C=O) groups is 1. The predicted molar refractivity (Wildman–Crippen MR) is 147 cm³/mol. The summed E-state index contributed by atoms with van der Waals surface area (Å²) in [6, 6.07) is 11.6. The van der Waals surface area contributed by atoms with Gasteiger partial charge in [0.25, 0.3) is 0 Å². The Balaban J connectivity index is 1.70. The SMILES string of the molecule is Cc1c(F)c(F)c(C(=O)O)c(-c2c3ccc(=[N+]4CCCCC4)cc-3sc3cc(N4CCOCC4)ccc23)c1F. The Labute approximate surface area is 227 Å². The summed E-state index contributed by atoms with van der Waals surface area (Å²) >= 11 is 1.53. The highest BCUT2D eigenvalue weighted by Gasteiger charge is 2.31. The number of fused-ring (bicyclic) bond motifs is 2. The normalized spacial score (nSPS) is 16.3. The smallest absolute Gasteiger partial charge is 0.339 e. The molecular weight excluding hydrogens is 525 g/mol. The highest BCUT2D eigenvalue weighted by atomic mass is 32.1. The molecule has 6 rings (SSSR count). The summed E-state index contributed by atoms with van der Waals surface area (Å²) in [5, 5.41) is 11.5. The highest BCUT2D eigenvalue weighted by Crippen LogP contribution is 2.47. The quantitative estimate of drug-likeness (QED) is 0.195. The number of halogens is 3. The largest absolute Gasteiger partial charge is 0.478 e. The van der Waals surface area contributed by atoms with Gasteiger partial charge in [-0.3, -0.25) is 0 Å². The lowest BCUT2D eigenvalue weighted by Crippen LogP contribution is -2.36. The number of piperidine rings is 1. The standard InChI is InChI=1S/C30H27F3N2O3S/c1-17-27(31)25(26(30(36)37)29(33)28(17)32)24-20-7-5-18(34-9-3-2-4-10-34)15-22(20)39-23-16-19(6-8-21(23)24)35-11-13-38-14-12-35/h5-8,15-16H,2-4,9-14H2,1H3/p+1. The third-order valence-electron chi connectivity index (χ3n) is 7.79. The lowest BCUT2D eigenvalue weighted by Gasteiger charge is -2.29. The summed E-state index contributed by atoms with van der Waals surface area (Å²) in [7, 11) is 0. The fourth-order valence-corrected chi connectivity index (χ4v) is 6.87. The molecule has 0 radical (unpaired) electrons. The second-order valence-electron chi connectivity index (χ2n) is 10.1. The number of aromatic carboxylic acids is 1. The van der Waals surface area contributed by atoms with Crippen molar-refractivity contribution in [2.24, 2.45) is 0 Å². The number of rotatable bonds is 3. The number of carboxylic acid groups (broad SMARTS) is 1. The van der Waals surface area contributed by atoms with Gasteiger partial charge in [-0.2, -0.15) is 0 Å². The van der Waals surface area contributed by atoms with Crippen LogP contribution in [0.4, 0.5) is 18.9 Å². The predicted octanol–water partition coefficient (Wildman–Crippen LogP) is 5.89. The zero-order valence-electron chi connectivity index (χ0n) is 21.5. The zero-order valence-corrected chi connectivity index (χ0v) is 22.3. The average Bonchev–Trinajstić information content (AvgIpc) is 2.97. The van der Waals surface area contributed by atoms with E-state index in [0.29, 0.717) is 24.2 Å². The van der Waals surface area contributed by atoms with Gasteiger partial charge >= 0.3 is 5.97 Å². The molecule has 0 bridgehead atoms. The third-order valence-corrected chi connectivity index (χ3v) is 8.91. The summed E-state index contributed by atoms with van der Waals surface area (Å²) in [6.07, 6.45) is 3.40. The molecule has 0 aromatic heterocycles. The van der Waals surface area contributed by atoms with Crippen molar-refractivity contribution in [3.8, 4) is 21.6 Å². The van der Waals surface area contributed by atoms with E-state index in [9.17, 15) is 14.3 Å². The van der Waals surface area contributed by atoms with Gasteiger partial charge in [0.1, 0.15) is 24.5 Å². The Morgan fingerprint density at radius 1 is 0.949 bits per heavy atom. The molecule has 9 heteroatoms. The van der Waals surface area contributed by atoms with Crippen molar-refractivity contribution < 1.29 is 27.8 Å². The van der Waals surface area contributed by atoms with Gasteiger partial charge in [-0.15, -0.1) is 11.3 Å². The van der Waals surface area contributed by atoms with E-state index in [4.69, 9.17) is 4.74 Å². The first-order chi connectivity index (χ1) is 18.8. The van der Waals surface area contributed by atoms with Crippen LogP contribution in [0.15, 0.2) is 36.4 Å². The molecule has 2 saturated heterocycles. The van der Waals surface area contributed by atoms with Crippen LogP contribution < -0.4 is 14.8 Å². The number of ether oxygens (including phenoxy) is 1. The maximum Gasteiger partial charge on any atom is 0.339 e. The van der Waals surface area contributed by atoms with E-state index in [2.05, 4.69) is 9.48 Å². The molecule has 202 valence electrons. The Bertz CT molecular complexity index is 1650. The van der Waals surface area contributed by atoms with Gasteiger partial charge in [0, 0.05) is 81.0 Å². The molecule has 2 fully saturated rings. The summed E-state index contributed by atoms with van der Waals surface area (Å²) < 4.78 is 54.1. The number of nitrogens with zero attached hydrogens (tertiary/aromatic N) is 2. The van der Waals surface area contributed by atoms with Crippen LogP contribution in [0.1, 0.15) is 35.2 Å². The highest BCUT2D eigenvalue weighted by molar-refractivity contribution is 7.21. The molecule has 0 spiro atoms. The van der Waals surface area contributed by atoms with Gasteiger partial charge in [0.15, 0.2) is 11.6 Å². The van der Waals surface area contributed by atoms with Crippen molar-refractivity contribution in [1.82, 2.24) is 4.58 Å². The summed E-state index contributed by atoms with van der Waals surface area (Å²) in [4.78, 5) is 15.2. The first kappa shape index (κ1) is 25.8. The molecule has 1 aliphatic carbocycles. The third kappa shape index (κ3) is 4.47. The fourth-order valence-electron chi connectivity index (χ4n) is 5.72. The average molecular weight is 554 g/mol. The number of carboxylic acids is 1. The second-order valence-corrected chi connectivity index (χ2v) is 11.2. The Morgan fingerprint density at radius 2 is 1.69 bits per heavy atom. The topological polar surface area (TPSA) is 52.8 Å². The number of hydrogen-bond donors (Lipinski definition) is 1. The van der Waals surface area contributed by atoms with E-state index in [1.165, 1.54) is 17.8 Å². The van der Waals surface area contributed by atoms with E-state index in [1.807, 2.05) is 36.4 Å². The molecule has 0 amide bonds. The van der Waals surface area contributed by atoms with Crippen molar-refractivity contribution in [2.45, 2.75) is 26.2 Å². The van der Waals surface area contributed by atoms with Gasteiger partial charge in [-0.25, -0.2) is 22.5 Å². The van der Waals surface area contributed by atoms with Crippen molar-refractivity contribution in [1.29, 1.82) is 0 Å². The molecule has 39 heavy (non-hydrogen) atoms. The van der Waals surface area contributed by atoms with E-state index in [1.54, 1.807) is 0 Å². The molecule has 5 nitrogen and oxygen atoms in total. The molecule has 0 atom stereocenters. The van der Waals surface area contributed by atoms with Crippen LogP contribution >= 0.6 is 11.3 Å². The van der Waals surface area contributed by atoms with E-state index in [0.717, 1.165) is 66.6 Å². The van der Waals surface area contributed by atoms with Crippen molar-refractivity contribution in [2.75, 3.05) is 44.3 Å². The summed E-state index contributed by atoms with van der Waals surface area (Å²) in [6.45, 7) is 5.71. The van der Waals surface area contributed by atoms with Gasteiger partial charge in [0.2, 0.25) is 5.36 Å². The Kier molecular flexibility index (Phi) is 6.81. The number of morpholine rings is 1. The van der Waals surface area contributed by atoms with Gasteiger partial charge in [-0.05, 0) is 31.5 Å². The van der Waals surface area contributed by atoms with Crippen molar-refractivity contribution in [3.05, 3.63) is 70.3 Å². The van der Waals surface area contributed by atoms with Crippen LogP contribution in [0.3, 0.4) is 0 Å². The maximum atomic E-state index is 15.8. The molecule has 3 heterocycles. The Morgan fingerprint density at radius 3 is 2.41 bits per heavy atom. The molecule has 2 aromatic carbocycles. The van der Waals surface area contributed by atoms with Gasteiger partial charge < -0.3 is 14.7 Å². The lowest BCUT2D eigenvalue weighted by molar-refractivity contribution is 0.0691.